The Morgan fingerprint density at radius 1 is 1.10 bits per heavy atom. The van der Waals surface area contributed by atoms with E-state index in [1.165, 1.54) is 12.1 Å². The van der Waals surface area contributed by atoms with Crippen LogP contribution in [-0.2, 0) is 4.79 Å². The average molecular weight is 469 g/mol. The summed E-state index contributed by atoms with van der Waals surface area (Å²) in [6.45, 7) is 18.4. The number of benzene rings is 1. The summed E-state index contributed by atoms with van der Waals surface area (Å²) >= 11 is 6.09. The first-order valence-electron chi connectivity index (χ1n) is 10.5. The summed E-state index contributed by atoms with van der Waals surface area (Å²) in [6.07, 6.45) is -5.75. The number of ether oxygens (including phenoxy) is 2. The molecule has 0 bridgehead atoms. The first-order valence-corrected chi connectivity index (χ1v) is 10.9. The number of carboxylic acid groups (broad SMARTS) is 1. The molecule has 1 heterocycles. The molecule has 0 saturated carbocycles. The monoisotopic (exact) mass is 468 g/mol. The molecule has 1 N–H and O–H groups in total. The van der Waals surface area contributed by atoms with E-state index in [0.29, 0.717) is 6.61 Å². The Balaban J connectivity index is 0. The molecule has 31 heavy (non-hydrogen) atoms. The van der Waals surface area contributed by atoms with Gasteiger partial charge in [-0.3, -0.25) is 0 Å². The second-order valence-electron chi connectivity index (χ2n) is 6.92. The van der Waals surface area contributed by atoms with Crippen LogP contribution >= 0.6 is 11.6 Å². The van der Waals surface area contributed by atoms with Crippen LogP contribution in [0.4, 0.5) is 13.2 Å². The fourth-order valence-corrected chi connectivity index (χ4v) is 2.42. The van der Waals surface area contributed by atoms with Gasteiger partial charge in [0.15, 0.2) is 0 Å². The van der Waals surface area contributed by atoms with Crippen LogP contribution in [0.1, 0.15) is 74.3 Å². The van der Waals surface area contributed by atoms with Crippen molar-refractivity contribution in [3.05, 3.63) is 28.3 Å². The minimum atomic E-state index is -4.85. The molecule has 4 nitrogen and oxygen atoms in total. The van der Waals surface area contributed by atoms with Crippen LogP contribution in [-0.4, -0.2) is 30.0 Å². The lowest BCUT2D eigenvalue weighted by Crippen LogP contribution is -2.40. The summed E-state index contributed by atoms with van der Waals surface area (Å²) in [4.78, 5) is 11.1. The molecule has 0 spiro atoms. The van der Waals surface area contributed by atoms with E-state index in [1.807, 2.05) is 62.3 Å². The second-order valence-corrected chi connectivity index (χ2v) is 7.33. The molecule has 1 aromatic rings. The van der Waals surface area contributed by atoms with Crippen molar-refractivity contribution in [3.63, 3.8) is 0 Å². The highest BCUT2D eigenvalue weighted by Crippen LogP contribution is 2.41. The summed E-state index contributed by atoms with van der Waals surface area (Å²) in [5.41, 5.74) is -0.707. The van der Waals surface area contributed by atoms with Crippen molar-refractivity contribution in [1.29, 1.82) is 0 Å². The van der Waals surface area contributed by atoms with Gasteiger partial charge in [-0.2, -0.15) is 13.2 Å². The molecule has 0 aliphatic carbocycles. The average Bonchev–Trinajstić information content (AvgIpc) is 2.70. The van der Waals surface area contributed by atoms with Crippen molar-refractivity contribution in [1.82, 2.24) is 0 Å². The van der Waals surface area contributed by atoms with Gasteiger partial charge in [-0.15, -0.1) is 0 Å². The molecule has 1 aliphatic rings. The Morgan fingerprint density at radius 3 is 2.03 bits per heavy atom. The molecule has 8 heteroatoms. The third-order valence-corrected chi connectivity index (χ3v) is 3.85. The van der Waals surface area contributed by atoms with Gasteiger partial charge in [-0.25, -0.2) is 4.79 Å². The van der Waals surface area contributed by atoms with Crippen LogP contribution in [0.2, 0.25) is 5.02 Å². The number of carboxylic acids is 1. The van der Waals surface area contributed by atoms with Crippen molar-refractivity contribution < 1.29 is 32.5 Å². The first-order chi connectivity index (χ1) is 14.4. The third-order valence-electron chi connectivity index (χ3n) is 3.56. The highest BCUT2D eigenvalue weighted by molar-refractivity contribution is 6.32. The first kappa shape index (κ1) is 31.3. The summed E-state index contributed by atoms with van der Waals surface area (Å²) in [7, 11) is 0. The molecule has 180 valence electrons. The molecular formula is C23H36ClF3O4. The molecule has 0 saturated heterocycles. The highest BCUT2D eigenvalue weighted by Gasteiger charge is 2.48. The van der Waals surface area contributed by atoms with Crippen LogP contribution < -0.4 is 9.47 Å². The van der Waals surface area contributed by atoms with Crippen LogP contribution in [0, 0.1) is 5.41 Å². The number of hydrogen-bond donors (Lipinski definition) is 1. The number of halogens is 4. The molecule has 1 aliphatic heterocycles. The lowest BCUT2D eigenvalue weighted by atomic mass is 9.93. The maximum atomic E-state index is 13.1. The predicted octanol–water partition coefficient (Wildman–Crippen LogP) is 8.02. The van der Waals surface area contributed by atoms with Gasteiger partial charge in [0.1, 0.15) is 11.5 Å². The quantitative estimate of drug-likeness (QED) is 0.486. The molecule has 0 radical (unpaired) electrons. The molecule has 0 aromatic heterocycles. The van der Waals surface area contributed by atoms with E-state index >= 15 is 0 Å². The molecule has 1 aromatic carbocycles. The summed E-state index contributed by atoms with van der Waals surface area (Å²) < 4.78 is 49.7. The fourth-order valence-electron chi connectivity index (χ4n) is 2.19. The van der Waals surface area contributed by atoms with Crippen molar-refractivity contribution in [2.45, 2.75) is 81.0 Å². The zero-order valence-corrected chi connectivity index (χ0v) is 20.7. The topological polar surface area (TPSA) is 55.8 Å². The number of alkyl halides is 3. The largest absolute Gasteiger partial charge is 0.492 e. The molecule has 2 rings (SSSR count). The van der Waals surface area contributed by atoms with Crippen molar-refractivity contribution in [3.8, 4) is 11.5 Å². The lowest BCUT2D eigenvalue weighted by Gasteiger charge is -2.27. The van der Waals surface area contributed by atoms with E-state index in [1.54, 1.807) is 0 Å². The van der Waals surface area contributed by atoms with Crippen LogP contribution in [0.3, 0.4) is 0 Å². The number of carbonyl (C=O) groups is 1. The number of rotatable bonds is 4. The predicted molar refractivity (Wildman–Crippen MR) is 121 cm³/mol. The third kappa shape index (κ3) is 10.3. The zero-order chi connectivity index (χ0) is 25.0. The summed E-state index contributed by atoms with van der Waals surface area (Å²) in [5, 5.41) is 9.18. The van der Waals surface area contributed by atoms with Gasteiger partial charge < -0.3 is 14.6 Å². The van der Waals surface area contributed by atoms with E-state index in [4.69, 9.17) is 26.2 Å². The van der Waals surface area contributed by atoms with Gasteiger partial charge in [0.2, 0.25) is 6.10 Å². The van der Waals surface area contributed by atoms with Crippen molar-refractivity contribution >= 4 is 23.6 Å². The van der Waals surface area contributed by atoms with Crippen molar-refractivity contribution in [2.75, 3.05) is 6.61 Å². The van der Waals surface area contributed by atoms with Gasteiger partial charge in [0, 0.05) is 11.6 Å². The molecule has 1 unspecified atom stereocenters. The smallest absolute Gasteiger partial charge is 0.430 e. The Kier molecular flexibility index (Phi) is 14.4. The van der Waals surface area contributed by atoms with Crippen molar-refractivity contribution in [2.24, 2.45) is 5.41 Å². The van der Waals surface area contributed by atoms with E-state index in [0.717, 1.165) is 12.5 Å². The lowest BCUT2D eigenvalue weighted by molar-refractivity contribution is -0.187. The van der Waals surface area contributed by atoms with E-state index < -0.39 is 23.8 Å². The Hall–Kier alpha value is -1.89. The normalized spacial score (nSPS) is 14.6. The van der Waals surface area contributed by atoms with Crippen LogP contribution in [0.25, 0.3) is 6.08 Å². The second kappa shape index (κ2) is 14.2. The van der Waals surface area contributed by atoms with E-state index in [2.05, 4.69) is 0 Å². The van der Waals surface area contributed by atoms with Crippen LogP contribution in [0.15, 0.2) is 17.7 Å². The molecule has 0 amide bonds. The molecule has 1 atom stereocenters. The maximum absolute atomic E-state index is 13.1. The SMILES string of the molecule is CC.CC.CC.CC(C)(C)CCOc1cc2c(cc1Cl)C=C(C(=O)O)C(C(F)(F)F)O2. The molecular weight excluding hydrogens is 433 g/mol. The highest BCUT2D eigenvalue weighted by atomic mass is 35.5. The van der Waals surface area contributed by atoms with Gasteiger partial charge >= 0.3 is 12.1 Å². The fraction of sp³-hybridized carbons (Fsp3) is 0.609. The zero-order valence-electron chi connectivity index (χ0n) is 19.9. The number of fused-ring (bicyclic) bond motifs is 1. The van der Waals surface area contributed by atoms with E-state index in [9.17, 15) is 18.0 Å². The number of aliphatic carboxylic acids is 1. The maximum Gasteiger partial charge on any atom is 0.430 e. The summed E-state index contributed by atoms with van der Waals surface area (Å²) in [5.74, 6) is -1.63. The minimum absolute atomic E-state index is 0.0255. The van der Waals surface area contributed by atoms with Gasteiger partial charge in [0.05, 0.1) is 17.2 Å². The standard InChI is InChI=1S/C17H18ClF3O4.3C2H6/c1-16(2,3)4-5-24-13-8-12-9(7-11(13)18)6-10(15(22)23)14(25-12)17(19,20)21;3*1-2/h6-8,14H,4-5H2,1-3H3,(H,22,23);3*1-2H3. The van der Waals surface area contributed by atoms with E-state index in [-0.39, 0.29) is 27.5 Å². The van der Waals surface area contributed by atoms with Gasteiger partial charge in [-0.1, -0.05) is 73.9 Å². The minimum Gasteiger partial charge on any atom is -0.492 e. The Morgan fingerprint density at radius 2 is 1.61 bits per heavy atom. The molecule has 0 fully saturated rings. The van der Waals surface area contributed by atoms with Gasteiger partial charge in [0.25, 0.3) is 0 Å². The number of hydrogen-bond acceptors (Lipinski definition) is 3. The van der Waals surface area contributed by atoms with Gasteiger partial charge in [-0.05, 0) is 24.0 Å². The Labute approximate surface area is 189 Å². The Bertz CT molecular complexity index is 708. The summed E-state index contributed by atoms with van der Waals surface area (Å²) in [6, 6.07) is 2.59. The van der Waals surface area contributed by atoms with Crippen LogP contribution in [0.5, 0.6) is 11.5 Å².